The second-order valence-electron chi connectivity index (χ2n) is 10.3. The molecule has 2 aliphatic carbocycles. The number of fused-ring (bicyclic) bond motifs is 2. The zero-order valence-corrected chi connectivity index (χ0v) is 19.6. The van der Waals surface area contributed by atoms with Crippen LogP contribution >= 0.6 is 0 Å². The summed E-state index contributed by atoms with van der Waals surface area (Å²) in [6.45, 7) is 11.9. The van der Waals surface area contributed by atoms with Crippen molar-refractivity contribution in [1.82, 2.24) is 9.62 Å². The number of aryl methyl sites for hydroxylation is 2. The Morgan fingerprint density at radius 1 is 1.13 bits per heavy atom. The van der Waals surface area contributed by atoms with Crippen molar-refractivity contribution in [3.8, 4) is 0 Å². The summed E-state index contributed by atoms with van der Waals surface area (Å²) in [5, 5.41) is 3.31. The molecule has 2 unspecified atom stereocenters. The van der Waals surface area contributed by atoms with E-state index in [1.807, 2.05) is 13.0 Å². The maximum absolute atomic E-state index is 13.4. The van der Waals surface area contributed by atoms with Gasteiger partial charge in [0.05, 0.1) is 18.1 Å². The van der Waals surface area contributed by atoms with E-state index in [1.165, 1.54) is 10.7 Å². The number of ether oxygens (including phenoxy) is 1. The molecule has 0 aromatic heterocycles. The maximum atomic E-state index is 13.4. The van der Waals surface area contributed by atoms with E-state index in [-0.39, 0.29) is 27.7 Å². The van der Waals surface area contributed by atoms with Gasteiger partial charge >= 0.3 is 0 Å². The van der Waals surface area contributed by atoms with Gasteiger partial charge in [0.2, 0.25) is 10.0 Å². The molecule has 7 heteroatoms. The second-order valence-corrected chi connectivity index (χ2v) is 12.2. The quantitative estimate of drug-likeness (QED) is 0.789. The number of sulfonamides is 1. The first kappa shape index (κ1) is 21.8. The number of carbonyl (C=O) groups excluding carboxylic acids is 1. The van der Waals surface area contributed by atoms with Crippen molar-refractivity contribution < 1.29 is 17.9 Å². The van der Waals surface area contributed by atoms with Gasteiger partial charge in [-0.2, -0.15) is 4.31 Å². The molecule has 3 fully saturated rings. The minimum Gasteiger partial charge on any atom is -0.379 e. The van der Waals surface area contributed by atoms with Crippen LogP contribution in [0, 0.1) is 30.6 Å². The van der Waals surface area contributed by atoms with Gasteiger partial charge in [0, 0.05) is 24.7 Å². The van der Waals surface area contributed by atoms with Gasteiger partial charge in [-0.3, -0.25) is 4.79 Å². The van der Waals surface area contributed by atoms with Gasteiger partial charge in [-0.15, -0.1) is 0 Å². The van der Waals surface area contributed by atoms with E-state index in [1.54, 1.807) is 13.0 Å². The van der Waals surface area contributed by atoms with Crippen molar-refractivity contribution in [3.05, 3.63) is 28.8 Å². The third kappa shape index (κ3) is 3.39. The molecule has 1 aromatic carbocycles. The highest BCUT2D eigenvalue weighted by molar-refractivity contribution is 7.89. The lowest BCUT2D eigenvalue weighted by Gasteiger charge is -2.43. The van der Waals surface area contributed by atoms with Crippen molar-refractivity contribution in [2.45, 2.75) is 64.8 Å². The lowest BCUT2D eigenvalue weighted by atomic mass is 9.68. The smallest absolute Gasteiger partial charge is 0.251 e. The van der Waals surface area contributed by atoms with E-state index < -0.39 is 10.0 Å². The summed E-state index contributed by atoms with van der Waals surface area (Å²) < 4.78 is 33.2. The molecule has 0 spiro atoms. The fraction of sp³-hybridized carbons (Fsp3) is 0.696. The fourth-order valence-corrected chi connectivity index (χ4v) is 7.79. The van der Waals surface area contributed by atoms with Crippen molar-refractivity contribution in [3.63, 3.8) is 0 Å². The Labute approximate surface area is 180 Å². The predicted octanol–water partition coefficient (Wildman–Crippen LogP) is 3.27. The minimum absolute atomic E-state index is 0.0456. The number of amides is 1. The van der Waals surface area contributed by atoms with Crippen molar-refractivity contribution in [2.75, 3.05) is 26.3 Å². The first-order chi connectivity index (χ1) is 14.0. The minimum atomic E-state index is -3.66. The van der Waals surface area contributed by atoms with Gasteiger partial charge in [0.1, 0.15) is 0 Å². The number of benzene rings is 1. The molecule has 1 saturated heterocycles. The molecule has 2 bridgehead atoms. The van der Waals surface area contributed by atoms with Crippen LogP contribution in [0.15, 0.2) is 17.0 Å². The average Bonchev–Trinajstić information content (AvgIpc) is 3.16. The molecule has 1 heterocycles. The van der Waals surface area contributed by atoms with E-state index in [2.05, 4.69) is 26.1 Å². The zero-order chi connectivity index (χ0) is 21.9. The molecule has 2 saturated carbocycles. The average molecular weight is 435 g/mol. The van der Waals surface area contributed by atoms with Gasteiger partial charge in [0.25, 0.3) is 5.91 Å². The zero-order valence-electron chi connectivity index (χ0n) is 18.7. The molecular weight excluding hydrogens is 400 g/mol. The van der Waals surface area contributed by atoms with E-state index in [4.69, 9.17) is 4.74 Å². The number of hydrogen-bond donors (Lipinski definition) is 1. The molecule has 30 heavy (non-hydrogen) atoms. The Morgan fingerprint density at radius 3 is 2.40 bits per heavy atom. The number of rotatable bonds is 4. The first-order valence-corrected chi connectivity index (χ1v) is 12.4. The summed E-state index contributed by atoms with van der Waals surface area (Å²) in [7, 11) is -3.66. The van der Waals surface area contributed by atoms with Crippen LogP contribution in [0.25, 0.3) is 0 Å². The Hall–Kier alpha value is -1.44. The lowest BCUT2D eigenvalue weighted by molar-refractivity contribution is 0.0728. The highest BCUT2D eigenvalue weighted by Gasteiger charge is 2.59. The molecule has 0 radical (unpaired) electrons. The van der Waals surface area contributed by atoms with Crippen LogP contribution in [0.5, 0.6) is 0 Å². The highest BCUT2D eigenvalue weighted by atomic mass is 32.2. The molecule has 1 N–H and O–H groups in total. The number of nitrogens with zero attached hydrogens (tertiary/aromatic N) is 1. The van der Waals surface area contributed by atoms with Crippen LogP contribution in [0.1, 0.15) is 61.5 Å². The summed E-state index contributed by atoms with van der Waals surface area (Å²) in [4.78, 5) is 13.6. The standard InChI is InChI=1S/C23H34N2O4S/c1-15-12-16(2)19(30(27,28)25-8-10-29-11-9-25)13-18(15)20(26)24-21-22(3,4)17-6-7-23(21,5)14-17/h12-13,17,21H,6-11,14H2,1-5H3,(H,24,26)/t17-,21?,23?/m1/s1. The van der Waals surface area contributed by atoms with E-state index >= 15 is 0 Å². The molecule has 3 atom stereocenters. The molecular formula is C23H34N2O4S. The Balaban J connectivity index is 1.65. The largest absolute Gasteiger partial charge is 0.379 e. The van der Waals surface area contributed by atoms with Gasteiger partial charge in [-0.05, 0) is 67.1 Å². The van der Waals surface area contributed by atoms with Crippen LogP contribution in [-0.2, 0) is 14.8 Å². The molecule has 1 amide bonds. The monoisotopic (exact) mass is 434 g/mol. The number of nitrogens with one attached hydrogen (secondary N) is 1. The van der Waals surface area contributed by atoms with Gasteiger partial charge in [-0.1, -0.05) is 26.8 Å². The number of morpholine rings is 1. The van der Waals surface area contributed by atoms with Crippen LogP contribution in [0.2, 0.25) is 0 Å². The normalized spacial score (nSPS) is 31.1. The SMILES string of the molecule is Cc1cc(C)c(S(=O)(=O)N2CCOCC2)cc1C(=O)NC1C2(C)CC[C@H](C2)C1(C)C. The van der Waals surface area contributed by atoms with E-state index in [0.29, 0.717) is 43.3 Å². The number of hydrogen-bond acceptors (Lipinski definition) is 4. The van der Waals surface area contributed by atoms with Crippen molar-refractivity contribution in [2.24, 2.45) is 16.7 Å². The van der Waals surface area contributed by atoms with Crippen molar-refractivity contribution >= 4 is 15.9 Å². The van der Waals surface area contributed by atoms with Gasteiger partial charge in [-0.25, -0.2) is 8.42 Å². The molecule has 1 aromatic rings. The molecule has 6 nitrogen and oxygen atoms in total. The topological polar surface area (TPSA) is 75.7 Å². The summed E-state index contributed by atoms with van der Waals surface area (Å²) in [6, 6.07) is 3.49. The third-order valence-electron chi connectivity index (χ3n) is 7.90. The lowest BCUT2D eigenvalue weighted by Crippen LogP contribution is -2.52. The predicted molar refractivity (Wildman–Crippen MR) is 116 cm³/mol. The number of carbonyl (C=O) groups is 1. The fourth-order valence-electron chi connectivity index (χ4n) is 6.15. The van der Waals surface area contributed by atoms with Gasteiger partial charge < -0.3 is 10.1 Å². The summed E-state index contributed by atoms with van der Waals surface area (Å²) in [5.41, 5.74) is 2.09. The third-order valence-corrected chi connectivity index (χ3v) is 9.94. The summed E-state index contributed by atoms with van der Waals surface area (Å²) >= 11 is 0. The van der Waals surface area contributed by atoms with Crippen LogP contribution in [-0.4, -0.2) is 51.0 Å². The van der Waals surface area contributed by atoms with Gasteiger partial charge in [0.15, 0.2) is 0 Å². The van der Waals surface area contributed by atoms with Crippen LogP contribution in [0.4, 0.5) is 0 Å². The summed E-state index contributed by atoms with van der Waals surface area (Å²) in [6.07, 6.45) is 3.51. The van der Waals surface area contributed by atoms with Crippen LogP contribution in [0.3, 0.4) is 0 Å². The van der Waals surface area contributed by atoms with E-state index in [0.717, 1.165) is 18.4 Å². The molecule has 3 aliphatic rings. The molecule has 166 valence electrons. The Bertz CT molecular complexity index is 961. The van der Waals surface area contributed by atoms with Crippen LogP contribution < -0.4 is 5.32 Å². The first-order valence-electron chi connectivity index (χ1n) is 11.0. The summed E-state index contributed by atoms with van der Waals surface area (Å²) in [5.74, 6) is 0.460. The molecule has 4 rings (SSSR count). The maximum Gasteiger partial charge on any atom is 0.251 e. The van der Waals surface area contributed by atoms with E-state index in [9.17, 15) is 13.2 Å². The Morgan fingerprint density at radius 2 is 1.80 bits per heavy atom. The van der Waals surface area contributed by atoms with Crippen molar-refractivity contribution in [1.29, 1.82) is 0 Å². The Kier molecular flexibility index (Phi) is 5.31. The highest BCUT2D eigenvalue weighted by Crippen LogP contribution is 2.62. The molecule has 1 aliphatic heterocycles. The second kappa shape index (κ2) is 7.31.